The Bertz CT molecular complexity index is 982. The molecule has 0 radical (unpaired) electrons. The van der Waals surface area contributed by atoms with E-state index in [0.29, 0.717) is 19.4 Å². The number of allylic oxidation sites excluding steroid dienone is 3. The number of hydrogen-bond acceptors (Lipinski definition) is 5. The first-order chi connectivity index (χ1) is 31.0. The zero-order chi connectivity index (χ0) is 45.8. The van der Waals surface area contributed by atoms with E-state index in [1.165, 1.54) is 218 Å². The number of carbonyl (C=O) groups excluding carboxylic acids is 2. The highest BCUT2D eigenvalue weighted by atomic mass is 16.5. The normalized spacial score (nSPS) is 12.8. The van der Waals surface area contributed by atoms with Crippen LogP contribution in [0.1, 0.15) is 303 Å². The van der Waals surface area contributed by atoms with Gasteiger partial charge in [0.05, 0.1) is 25.4 Å². The minimum absolute atomic E-state index is 0.00280. The lowest BCUT2D eigenvalue weighted by Crippen LogP contribution is -2.45. The van der Waals surface area contributed by atoms with Crippen molar-refractivity contribution in [2.75, 3.05) is 13.2 Å². The van der Waals surface area contributed by atoms with E-state index in [1.54, 1.807) is 6.08 Å². The van der Waals surface area contributed by atoms with Crippen LogP contribution in [0.2, 0.25) is 0 Å². The van der Waals surface area contributed by atoms with Crippen LogP contribution in [0, 0.1) is 0 Å². The van der Waals surface area contributed by atoms with Crippen molar-refractivity contribution in [1.82, 2.24) is 5.32 Å². The number of aliphatic hydroxyl groups is 2. The van der Waals surface area contributed by atoms with Crippen LogP contribution in [0.4, 0.5) is 0 Å². The zero-order valence-electron chi connectivity index (χ0n) is 42.3. The molecule has 0 aliphatic heterocycles. The van der Waals surface area contributed by atoms with Gasteiger partial charge in [0.2, 0.25) is 5.91 Å². The average Bonchev–Trinajstić information content (AvgIpc) is 3.28. The molecule has 0 aromatic carbocycles. The van der Waals surface area contributed by atoms with Gasteiger partial charge in [-0.15, -0.1) is 0 Å². The topological polar surface area (TPSA) is 95.9 Å². The van der Waals surface area contributed by atoms with E-state index in [9.17, 15) is 19.8 Å². The molecule has 0 aromatic heterocycles. The van der Waals surface area contributed by atoms with E-state index < -0.39 is 12.1 Å². The molecule has 1 amide bonds. The maximum atomic E-state index is 12.4. The molecule has 372 valence electrons. The predicted molar refractivity (Wildman–Crippen MR) is 273 cm³/mol. The zero-order valence-corrected chi connectivity index (χ0v) is 42.3. The van der Waals surface area contributed by atoms with Crippen LogP contribution in [-0.4, -0.2) is 47.4 Å². The third-order valence-corrected chi connectivity index (χ3v) is 13.0. The van der Waals surface area contributed by atoms with E-state index in [2.05, 4.69) is 31.3 Å². The van der Waals surface area contributed by atoms with E-state index in [0.717, 1.165) is 57.8 Å². The molecule has 0 heterocycles. The first kappa shape index (κ1) is 61.3. The van der Waals surface area contributed by atoms with Crippen LogP contribution >= 0.6 is 0 Å². The average molecular weight is 889 g/mol. The van der Waals surface area contributed by atoms with Crippen LogP contribution < -0.4 is 5.32 Å². The third kappa shape index (κ3) is 49.6. The van der Waals surface area contributed by atoms with Crippen molar-refractivity contribution < 1.29 is 24.5 Å². The second-order valence-corrected chi connectivity index (χ2v) is 19.3. The summed E-state index contributed by atoms with van der Waals surface area (Å²) in [6, 6.07) is -0.637. The second-order valence-electron chi connectivity index (χ2n) is 19.3. The molecule has 6 nitrogen and oxygen atoms in total. The Morgan fingerprint density at radius 3 is 1.13 bits per heavy atom. The molecule has 3 N–H and O–H groups in total. The molecule has 0 bridgehead atoms. The van der Waals surface area contributed by atoms with Crippen LogP contribution in [-0.2, 0) is 14.3 Å². The van der Waals surface area contributed by atoms with E-state index in [4.69, 9.17) is 4.74 Å². The molecule has 0 fully saturated rings. The molecule has 0 rings (SSSR count). The number of ether oxygens (including phenoxy) is 1. The summed E-state index contributed by atoms with van der Waals surface area (Å²) < 4.78 is 5.46. The number of unbranched alkanes of at least 4 members (excludes halogenated alkanes) is 39. The Hall–Kier alpha value is -1.66. The minimum Gasteiger partial charge on any atom is -0.466 e. The lowest BCUT2D eigenvalue weighted by Gasteiger charge is -2.20. The van der Waals surface area contributed by atoms with Crippen LogP contribution in [0.25, 0.3) is 0 Å². The standard InChI is InChI=1S/C57H109NO5/c1-3-5-7-9-11-13-15-17-18-23-26-29-33-37-41-45-49-55(60)54(53-59)58-56(61)50-46-42-38-34-30-27-24-21-19-20-22-25-28-32-36-40-44-48-52-63-57(62)51-47-43-39-35-31-16-14-12-10-8-6-4-2/h21,24,45,49,54-55,59-60H,3-20,22-23,25-44,46-48,50-53H2,1-2H3,(H,58,61)/b24-21-,49-45+. The maximum absolute atomic E-state index is 12.4. The van der Waals surface area contributed by atoms with Crippen molar-refractivity contribution in [2.45, 2.75) is 315 Å². The summed E-state index contributed by atoms with van der Waals surface area (Å²) in [6.45, 7) is 4.90. The van der Waals surface area contributed by atoms with Gasteiger partial charge in [0, 0.05) is 12.8 Å². The number of amides is 1. The Morgan fingerprint density at radius 2 is 0.746 bits per heavy atom. The fraction of sp³-hybridized carbons (Fsp3) is 0.895. The molecular formula is C57H109NO5. The van der Waals surface area contributed by atoms with E-state index in [1.807, 2.05) is 6.08 Å². The van der Waals surface area contributed by atoms with Crippen molar-refractivity contribution >= 4 is 11.9 Å². The quantitative estimate of drug-likeness (QED) is 0.0321. The summed E-state index contributed by atoms with van der Waals surface area (Å²) in [6.07, 6.45) is 63.3. The highest BCUT2D eigenvalue weighted by Gasteiger charge is 2.18. The number of rotatable bonds is 52. The van der Waals surface area contributed by atoms with Crippen molar-refractivity contribution in [3.63, 3.8) is 0 Å². The van der Waals surface area contributed by atoms with Crippen molar-refractivity contribution in [3.05, 3.63) is 24.3 Å². The summed E-state index contributed by atoms with van der Waals surface area (Å²) in [4.78, 5) is 24.4. The highest BCUT2D eigenvalue weighted by molar-refractivity contribution is 5.76. The van der Waals surface area contributed by atoms with Gasteiger partial charge in [-0.05, 0) is 57.8 Å². The SMILES string of the molecule is CCCCCCCCCCCCCCCC/C=C/C(O)C(CO)NC(=O)CCCCCCC/C=C\CCCCCCCCCCCOC(=O)CCCCCCCCCCCCCC. The molecule has 0 saturated heterocycles. The lowest BCUT2D eigenvalue weighted by molar-refractivity contribution is -0.143. The summed E-state index contributed by atoms with van der Waals surface area (Å²) in [7, 11) is 0. The lowest BCUT2D eigenvalue weighted by atomic mass is 10.0. The largest absolute Gasteiger partial charge is 0.466 e. The molecule has 63 heavy (non-hydrogen) atoms. The molecule has 6 heteroatoms. The van der Waals surface area contributed by atoms with Gasteiger partial charge in [-0.1, -0.05) is 256 Å². The molecule has 2 unspecified atom stereocenters. The van der Waals surface area contributed by atoms with Gasteiger partial charge in [-0.2, -0.15) is 0 Å². The Kier molecular flexibility index (Phi) is 51.6. The van der Waals surface area contributed by atoms with E-state index >= 15 is 0 Å². The Morgan fingerprint density at radius 1 is 0.429 bits per heavy atom. The fourth-order valence-electron chi connectivity index (χ4n) is 8.63. The van der Waals surface area contributed by atoms with Gasteiger partial charge in [-0.3, -0.25) is 9.59 Å². The molecule has 0 aromatic rings. The maximum Gasteiger partial charge on any atom is 0.305 e. The summed E-state index contributed by atoms with van der Waals surface area (Å²) in [5.41, 5.74) is 0. The van der Waals surface area contributed by atoms with Crippen molar-refractivity contribution in [2.24, 2.45) is 0 Å². The number of nitrogens with one attached hydrogen (secondary N) is 1. The molecule has 0 spiro atoms. The third-order valence-electron chi connectivity index (χ3n) is 13.0. The van der Waals surface area contributed by atoms with Gasteiger partial charge in [0.1, 0.15) is 0 Å². The smallest absolute Gasteiger partial charge is 0.305 e. The van der Waals surface area contributed by atoms with E-state index in [-0.39, 0.29) is 18.5 Å². The van der Waals surface area contributed by atoms with Gasteiger partial charge < -0.3 is 20.3 Å². The van der Waals surface area contributed by atoms with Crippen LogP contribution in [0.15, 0.2) is 24.3 Å². The summed E-state index contributed by atoms with van der Waals surface area (Å²) in [5, 5.41) is 23.1. The monoisotopic (exact) mass is 888 g/mol. The van der Waals surface area contributed by atoms with Crippen LogP contribution in [0.5, 0.6) is 0 Å². The molecule has 2 atom stereocenters. The fourth-order valence-corrected chi connectivity index (χ4v) is 8.63. The number of aliphatic hydroxyl groups excluding tert-OH is 2. The van der Waals surface area contributed by atoms with Crippen LogP contribution in [0.3, 0.4) is 0 Å². The number of esters is 1. The second kappa shape index (κ2) is 53.0. The van der Waals surface area contributed by atoms with Gasteiger partial charge in [-0.25, -0.2) is 0 Å². The Labute approximate surface area is 392 Å². The minimum atomic E-state index is -0.852. The predicted octanol–water partition coefficient (Wildman–Crippen LogP) is 17.1. The highest BCUT2D eigenvalue weighted by Crippen LogP contribution is 2.16. The first-order valence-corrected chi connectivity index (χ1v) is 28.1. The van der Waals surface area contributed by atoms with Gasteiger partial charge in [0.15, 0.2) is 0 Å². The molecule has 0 aliphatic rings. The summed E-state index contributed by atoms with van der Waals surface area (Å²) in [5.74, 6) is -0.0782. The molecule has 0 saturated carbocycles. The van der Waals surface area contributed by atoms with Gasteiger partial charge >= 0.3 is 5.97 Å². The first-order valence-electron chi connectivity index (χ1n) is 28.1. The number of carbonyl (C=O) groups is 2. The Balaban J connectivity index is 3.48. The van der Waals surface area contributed by atoms with Gasteiger partial charge in [0.25, 0.3) is 0 Å². The van der Waals surface area contributed by atoms with Crippen molar-refractivity contribution in [3.8, 4) is 0 Å². The summed E-state index contributed by atoms with van der Waals surface area (Å²) >= 11 is 0. The van der Waals surface area contributed by atoms with Crippen molar-refractivity contribution in [1.29, 1.82) is 0 Å². The molecule has 0 aliphatic carbocycles. The molecular weight excluding hydrogens is 779 g/mol. The number of hydrogen-bond donors (Lipinski definition) is 3.